The SMILES string of the molecule is ClCCCCn1nnnc1NC1CCCCC1. The van der Waals surface area contributed by atoms with E-state index < -0.39 is 0 Å². The zero-order chi connectivity index (χ0) is 11.9. The highest BCUT2D eigenvalue weighted by atomic mass is 35.5. The van der Waals surface area contributed by atoms with E-state index in [-0.39, 0.29) is 0 Å². The number of alkyl halides is 1. The molecule has 0 saturated heterocycles. The number of unbranched alkanes of at least 4 members (excludes halogenated alkanes) is 1. The Morgan fingerprint density at radius 3 is 2.82 bits per heavy atom. The third-order valence-corrected chi connectivity index (χ3v) is 3.49. The highest BCUT2D eigenvalue weighted by Crippen LogP contribution is 2.20. The zero-order valence-electron chi connectivity index (χ0n) is 10.1. The lowest BCUT2D eigenvalue weighted by Crippen LogP contribution is -2.24. The Bertz CT molecular complexity index is 321. The lowest BCUT2D eigenvalue weighted by molar-refractivity contribution is 0.456. The largest absolute Gasteiger partial charge is 0.350 e. The van der Waals surface area contributed by atoms with Crippen LogP contribution in [-0.4, -0.2) is 32.1 Å². The van der Waals surface area contributed by atoms with Gasteiger partial charge >= 0.3 is 0 Å². The second kappa shape index (κ2) is 6.79. The van der Waals surface area contributed by atoms with Crippen LogP contribution in [0.1, 0.15) is 44.9 Å². The molecule has 6 heteroatoms. The second-order valence-electron chi connectivity index (χ2n) is 4.60. The van der Waals surface area contributed by atoms with Crippen molar-refractivity contribution in [3.63, 3.8) is 0 Å². The molecule has 17 heavy (non-hydrogen) atoms. The number of tetrazole rings is 1. The number of aryl methyl sites for hydroxylation is 1. The fourth-order valence-corrected chi connectivity index (χ4v) is 2.43. The van der Waals surface area contributed by atoms with Crippen LogP contribution in [0.4, 0.5) is 5.95 Å². The maximum absolute atomic E-state index is 5.66. The summed E-state index contributed by atoms with van der Waals surface area (Å²) >= 11 is 5.66. The van der Waals surface area contributed by atoms with Crippen molar-refractivity contribution in [3.8, 4) is 0 Å². The average molecular weight is 258 g/mol. The van der Waals surface area contributed by atoms with E-state index >= 15 is 0 Å². The van der Waals surface area contributed by atoms with Gasteiger partial charge in [-0.3, -0.25) is 0 Å². The summed E-state index contributed by atoms with van der Waals surface area (Å²) in [6, 6.07) is 0.543. The van der Waals surface area contributed by atoms with E-state index in [1.807, 2.05) is 4.68 Å². The van der Waals surface area contributed by atoms with Gasteiger partial charge in [0.25, 0.3) is 0 Å². The highest BCUT2D eigenvalue weighted by molar-refractivity contribution is 6.17. The van der Waals surface area contributed by atoms with Gasteiger partial charge in [-0.05, 0) is 36.1 Å². The summed E-state index contributed by atoms with van der Waals surface area (Å²) in [5.74, 6) is 1.51. The van der Waals surface area contributed by atoms with Gasteiger partial charge in [-0.1, -0.05) is 24.4 Å². The third kappa shape index (κ3) is 3.84. The molecule has 0 radical (unpaired) electrons. The number of hydrogen-bond acceptors (Lipinski definition) is 4. The predicted octanol–water partition coefficient (Wildman–Crippen LogP) is 2.44. The predicted molar refractivity (Wildman–Crippen MR) is 68.3 cm³/mol. The van der Waals surface area contributed by atoms with Crippen LogP contribution in [0.15, 0.2) is 0 Å². The zero-order valence-corrected chi connectivity index (χ0v) is 10.9. The molecule has 1 aliphatic rings. The molecule has 0 atom stereocenters. The first kappa shape index (κ1) is 12.6. The van der Waals surface area contributed by atoms with E-state index in [0.717, 1.165) is 25.3 Å². The van der Waals surface area contributed by atoms with Gasteiger partial charge < -0.3 is 5.32 Å². The molecular weight excluding hydrogens is 238 g/mol. The molecular formula is C11H20ClN5. The lowest BCUT2D eigenvalue weighted by atomic mass is 9.96. The molecule has 1 aromatic heterocycles. The van der Waals surface area contributed by atoms with Gasteiger partial charge in [0.2, 0.25) is 5.95 Å². The van der Waals surface area contributed by atoms with Gasteiger partial charge in [-0.25, -0.2) is 4.68 Å². The van der Waals surface area contributed by atoms with Crippen LogP contribution in [0.25, 0.3) is 0 Å². The molecule has 1 heterocycles. The van der Waals surface area contributed by atoms with Gasteiger partial charge in [0.1, 0.15) is 0 Å². The molecule has 0 unspecified atom stereocenters. The van der Waals surface area contributed by atoms with Crippen molar-refractivity contribution < 1.29 is 0 Å². The molecule has 96 valence electrons. The Kier molecular flexibility index (Phi) is 5.04. The number of anilines is 1. The lowest BCUT2D eigenvalue weighted by Gasteiger charge is -2.22. The van der Waals surface area contributed by atoms with E-state index in [0.29, 0.717) is 11.9 Å². The van der Waals surface area contributed by atoms with Crippen molar-refractivity contribution in [1.29, 1.82) is 0 Å². The van der Waals surface area contributed by atoms with Crippen molar-refractivity contribution in [1.82, 2.24) is 20.2 Å². The Morgan fingerprint density at radius 2 is 2.06 bits per heavy atom. The van der Waals surface area contributed by atoms with Crippen molar-refractivity contribution in [2.45, 2.75) is 57.5 Å². The van der Waals surface area contributed by atoms with Gasteiger partial charge in [0.15, 0.2) is 0 Å². The second-order valence-corrected chi connectivity index (χ2v) is 4.98. The number of nitrogens with zero attached hydrogens (tertiary/aromatic N) is 4. The molecule has 1 fully saturated rings. The van der Waals surface area contributed by atoms with Gasteiger partial charge in [0.05, 0.1) is 0 Å². The number of hydrogen-bond donors (Lipinski definition) is 1. The maximum atomic E-state index is 5.66. The first-order valence-corrected chi connectivity index (χ1v) is 7.02. The molecule has 0 bridgehead atoms. The molecule has 1 saturated carbocycles. The monoisotopic (exact) mass is 257 g/mol. The smallest absolute Gasteiger partial charge is 0.243 e. The van der Waals surface area contributed by atoms with Crippen LogP contribution in [0.5, 0.6) is 0 Å². The molecule has 0 spiro atoms. The standard InChI is InChI=1S/C11H20ClN5/c12-8-4-5-9-17-11(14-15-16-17)13-10-6-2-1-3-7-10/h10H,1-9H2,(H,13,14,16). The van der Waals surface area contributed by atoms with Gasteiger partial charge in [0, 0.05) is 18.5 Å². The Hall–Kier alpha value is -0.840. The molecule has 0 aliphatic heterocycles. The molecule has 1 aromatic rings. The first-order chi connectivity index (χ1) is 8.40. The third-order valence-electron chi connectivity index (χ3n) is 3.22. The summed E-state index contributed by atoms with van der Waals surface area (Å²) in [4.78, 5) is 0. The van der Waals surface area contributed by atoms with Crippen LogP contribution in [-0.2, 0) is 6.54 Å². The van der Waals surface area contributed by atoms with E-state index in [9.17, 15) is 0 Å². The average Bonchev–Trinajstić information content (AvgIpc) is 2.79. The minimum atomic E-state index is 0.543. The highest BCUT2D eigenvalue weighted by Gasteiger charge is 2.15. The summed E-state index contributed by atoms with van der Waals surface area (Å²) in [5, 5.41) is 15.2. The summed E-state index contributed by atoms with van der Waals surface area (Å²) in [7, 11) is 0. The summed E-state index contributed by atoms with van der Waals surface area (Å²) in [5.41, 5.74) is 0. The number of aromatic nitrogens is 4. The molecule has 2 rings (SSSR count). The Labute approximate surface area is 107 Å². The van der Waals surface area contributed by atoms with Crippen molar-refractivity contribution in [2.75, 3.05) is 11.2 Å². The van der Waals surface area contributed by atoms with Crippen LogP contribution >= 0.6 is 11.6 Å². The molecule has 0 amide bonds. The summed E-state index contributed by atoms with van der Waals surface area (Å²) in [6.07, 6.45) is 8.47. The molecule has 1 N–H and O–H groups in total. The van der Waals surface area contributed by atoms with E-state index in [1.54, 1.807) is 0 Å². The normalized spacial score (nSPS) is 17.2. The quantitative estimate of drug-likeness (QED) is 0.628. The molecule has 0 aromatic carbocycles. The molecule has 1 aliphatic carbocycles. The van der Waals surface area contributed by atoms with Crippen LogP contribution in [0, 0.1) is 0 Å². The topological polar surface area (TPSA) is 55.6 Å². The van der Waals surface area contributed by atoms with E-state index in [1.165, 1.54) is 32.1 Å². The van der Waals surface area contributed by atoms with Crippen LogP contribution < -0.4 is 5.32 Å². The minimum absolute atomic E-state index is 0.543. The fourth-order valence-electron chi connectivity index (χ4n) is 2.24. The number of nitrogens with one attached hydrogen (secondary N) is 1. The van der Waals surface area contributed by atoms with E-state index in [2.05, 4.69) is 20.8 Å². The summed E-state index contributed by atoms with van der Waals surface area (Å²) in [6.45, 7) is 0.842. The Morgan fingerprint density at radius 1 is 1.24 bits per heavy atom. The summed E-state index contributed by atoms with van der Waals surface area (Å²) < 4.78 is 1.85. The van der Waals surface area contributed by atoms with Gasteiger partial charge in [-0.15, -0.1) is 11.6 Å². The fraction of sp³-hybridized carbons (Fsp3) is 0.909. The maximum Gasteiger partial charge on any atom is 0.243 e. The van der Waals surface area contributed by atoms with Gasteiger partial charge in [-0.2, -0.15) is 0 Å². The minimum Gasteiger partial charge on any atom is -0.350 e. The van der Waals surface area contributed by atoms with Crippen molar-refractivity contribution in [3.05, 3.63) is 0 Å². The Balaban J connectivity index is 1.84. The van der Waals surface area contributed by atoms with Crippen molar-refractivity contribution >= 4 is 17.5 Å². The van der Waals surface area contributed by atoms with E-state index in [4.69, 9.17) is 11.6 Å². The van der Waals surface area contributed by atoms with Crippen LogP contribution in [0.3, 0.4) is 0 Å². The number of rotatable bonds is 6. The number of halogens is 1. The first-order valence-electron chi connectivity index (χ1n) is 6.49. The molecule has 5 nitrogen and oxygen atoms in total. The van der Waals surface area contributed by atoms with Crippen molar-refractivity contribution in [2.24, 2.45) is 0 Å². The van der Waals surface area contributed by atoms with Crippen LogP contribution in [0.2, 0.25) is 0 Å².